The van der Waals surface area contributed by atoms with Crippen LogP contribution in [0.15, 0.2) is 41.1 Å². The number of aryl methyl sites for hydroxylation is 2. The molecule has 0 amide bonds. The fourth-order valence-corrected chi connectivity index (χ4v) is 5.31. The second-order valence-electron chi connectivity index (χ2n) is 8.91. The van der Waals surface area contributed by atoms with E-state index in [0.29, 0.717) is 23.8 Å². The third kappa shape index (κ3) is 3.70. The highest BCUT2D eigenvalue weighted by Gasteiger charge is 2.44. The third-order valence-electron chi connectivity index (χ3n) is 6.83. The molecule has 3 heterocycles. The lowest BCUT2D eigenvalue weighted by atomic mass is 9.71. The van der Waals surface area contributed by atoms with Crippen molar-refractivity contribution in [1.82, 2.24) is 20.1 Å². The number of nitrogens with zero attached hydrogens (tertiary/aromatic N) is 3. The first-order valence-electron chi connectivity index (χ1n) is 11.8. The summed E-state index contributed by atoms with van der Waals surface area (Å²) in [5, 5.41) is 16.7. The second-order valence-corrected chi connectivity index (χ2v) is 8.91. The Labute approximate surface area is 193 Å². The molecule has 0 spiro atoms. The second kappa shape index (κ2) is 8.63. The minimum atomic E-state index is -1.28. The topological polar surface area (TPSA) is 97.1 Å². The van der Waals surface area contributed by atoms with Gasteiger partial charge in [0.1, 0.15) is 11.4 Å². The first kappa shape index (κ1) is 21.6. The number of imidazole rings is 1. The lowest BCUT2D eigenvalue weighted by Gasteiger charge is -2.38. The Balaban J connectivity index is 1.81. The summed E-state index contributed by atoms with van der Waals surface area (Å²) in [6.45, 7) is 6.26. The fraction of sp³-hybridized carbons (Fsp3) is 0.423. The highest BCUT2D eigenvalue weighted by Crippen LogP contribution is 2.46. The number of fused-ring (bicyclic) bond motifs is 1. The van der Waals surface area contributed by atoms with Crippen LogP contribution in [-0.2, 0) is 5.60 Å². The van der Waals surface area contributed by atoms with Crippen LogP contribution in [0.5, 0.6) is 6.01 Å². The Kier molecular flexibility index (Phi) is 5.66. The molecular weight excluding hydrogens is 416 g/mol. The summed E-state index contributed by atoms with van der Waals surface area (Å²) in [6, 6.07) is 10.2. The van der Waals surface area contributed by atoms with Gasteiger partial charge in [-0.05, 0) is 69.4 Å². The van der Waals surface area contributed by atoms with Crippen LogP contribution in [-0.4, -0.2) is 31.8 Å². The van der Waals surface area contributed by atoms with Crippen molar-refractivity contribution >= 4 is 11.0 Å². The zero-order valence-corrected chi connectivity index (χ0v) is 19.4. The first-order valence-corrected chi connectivity index (χ1v) is 11.8. The van der Waals surface area contributed by atoms with Gasteiger partial charge in [0.15, 0.2) is 0 Å². The molecule has 1 aromatic carbocycles. The summed E-state index contributed by atoms with van der Waals surface area (Å²) >= 11 is 0. The average molecular weight is 447 g/mol. The van der Waals surface area contributed by atoms with Gasteiger partial charge >= 0.3 is 0 Å². The van der Waals surface area contributed by atoms with Crippen molar-refractivity contribution in [2.24, 2.45) is 5.92 Å². The monoisotopic (exact) mass is 446 g/mol. The van der Waals surface area contributed by atoms with Crippen LogP contribution in [0.1, 0.15) is 61.7 Å². The molecule has 0 aliphatic heterocycles. The molecule has 0 saturated heterocycles. The third-order valence-corrected chi connectivity index (χ3v) is 6.83. The molecule has 1 atom stereocenters. The highest BCUT2D eigenvalue weighted by atomic mass is 16.5. The predicted molar refractivity (Wildman–Crippen MR) is 126 cm³/mol. The van der Waals surface area contributed by atoms with Crippen molar-refractivity contribution in [1.29, 1.82) is 0 Å². The van der Waals surface area contributed by atoms with Crippen molar-refractivity contribution < 1.29 is 14.4 Å². The van der Waals surface area contributed by atoms with E-state index in [9.17, 15) is 5.11 Å². The molecule has 3 aromatic heterocycles. The van der Waals surface area contributed by atoms with Gasteiger partial charge in [-0.25, -0.2) is 0 Å². The van der Waals surface area contributed by atoms with Crippen molar-refractivity contribution in [3.63, 3.8) is 0 Å². The van der Waals surface area contributed by atoms with Crippen LogP contribution < -0.4 is 4.74 Å². The van der Waals surface area contributed by atoms with E-state index in [2.05, 4.69) is 15.1 Å². The number of hydrogen-bond acceptors (Lipinski definition) is 6. The van der Waals surface area contributed by atoms with Crippen molar-refractivity contribution in [3.8, 4) is 17.1 Å². The number of aromatic amines is 1. The summed E-state index contributed by atoms with van der Waals surface area (Å²) < 4.78 is 11.1. The maximum absolute atomic E-state index is 12.6. The maximum atomic E-state index is 12.6. The van der Waals surface area contributed by atoms with Gasteiger partial charge in [-0.3, -0.25) is 4.98 Å². The zero-order chi connectivity index (χ0) is 23.0. The van der Waals surface area contributed by atoms with Crippen LogP contribution in [0.3, 0.4) is 0 Å². The molecule has 0 radical (unpaired) electrons. The van der Waals surface area contributed by atoms with Crippen LogP contribution in [0.2, 0.25) is 0 Å². The zero-order valence-electron chi connectivity index (χ0n) is 19.4. The summed E-state index contributed by atoms with van der Waals surface area (Å²) in [5.74, 6) is 0.776. The summed E-state index contributed by atoms with van der Waals surface area (Å²) in [7, 11) is 0. The Hall–Kier alpha value is -3.19. The van der Waals surface area contributed by atoms with E-state index in [0.717, 1.165) is 59.3 Å². The Morgan fingerprint density at radius 2 is 2.00 bits per heavy atom. The number of aliphatic hydroxyl groups is 1. The number of benzene rings is 1. The number of nitrogens with one attached hydrogen (secondary N) is 1. The van der Waals surface area contributed by atoms with E-state index in [1.165, 1.54) is 6.42 Å². The van der Waals surface area contributed by atoms with Crippen LogP contribution in [0.4, 0.5) is 0 Å². The van der Waals surface area contributed by atoms with Gasteiger partial charge in [0.2, 0.25) is 0 Å². The normalized spacial score (nSPS) is 16.7. The van der Waals surface area contributed by atoms with Gasteiger partial charge in [-0.1, -0.05) is 30.5 Å². The van der Waals surface area contributed by atoms with Crippen LogP contribution in [0.25, 0.3) is 22.2 Å². The average Bonchev–Trinajstić information content (AvgIpc) is 3.41. The SMILES string of the molecule is CCOc1nc2c(C(O)(c3ccccn3)C3CCCCC3)cc(-c3c(C)noc3C)cc2[nH]1. The maximum Gasteiger partial charge on any atom is 0.294 e. The predicted octanol–water partition coefficient (Wildman–Crippen LogP) is 5.44. The molecule has 0 bridgehead atoms. The number of hydrogen-bond donors (Lipinski definition) is 2. The molecule has 172 valence electrons. The number of H-pyrrole nitrogens is 1. The molecule has 5 rings (SSSR count). The largest absolute Gasteiger partial charge is 0.465 e. The van der Waals surface area contributed by atoms with Gasteiger partial charge < -0.3 is 19.4 Å². The summed E-state index contributed by atoms with van der Waals surface area (Å²) in [6.07, 6.45) is 7.00. The minimum Gasteiger partial charge on any atom is -0.465 e. The van der Waals surface area contributed by atoms with Crippen molar-refractivity contribution in [2.75, 3.05) is 6.61 Å². The molecule has 1 aliphatic carbocycles. The number of rotatable bonds is 6. The Bertz CT molecular complexity index is 1240. The van der Waals surface area contributed by atoms with Gasteiger partial charge in [0.05, 0.1) is 29.0 Å². The van der Waals surface area contributed by atoms with E-state index >= 15 is 0 Å². The van der Waals surface area contributed by atoms with Crippen LogP contribution in [0, 0.1) is 19.8 Å². The lowest BCUT2D eigenvalue weighted by Crippen LogP contribution is -2.38. The Morgan fingerprint density at radius 1 is 1.18 bits per heavy atom. The molecule has 2 N–H and O–H groups in total. The Morgan fingerprint density at radius 3 is 2.67 bits per heavy atom. The number of aromatic nitrogens is 4. The molecule has 1 unspecified atom stereocenters. The number of ether oxygens (including phenoxy) is 1. The van der Waals surface area contributed by atoms with E-state index < -0.39 is 5.60 Å². The van der Waals surface area contributed by atoms with Gasteiger partial charge in [0, 0.05) is 17.3 Å². The van der Waals surface area contributed by atoms with Gasteiger partial charge in [-0.15, -0.1) is 0 Å². The summed E-state index contributed by atoms with van der Waals surface area (Å²) in [5.41, 5.74) is 4.26. The van der Waals surface area contributed by atoms with E-state index in [4.69, 9.17) is 14.2 Å². The highest BCUT2D eigenvalue weighted by molar-refractivity contribution is 5.87. The van der Waals surface area contributed by atoms with Crippen molar-refractivity contribution in [3.05, 3.63) is 59.2 Å². The quantitative estimate of drug-likeness (QED) is 0.409. The van der Waals surface area contributed by atoms with Gasteiger partial charge in [0.25, 0.3) is 6.01 Å². The fourth-order valence-electron chi connectivity index (χ4n) is 5.31. The van der Waals surface area contributed by atoms with E-state index in [1.54, 1.807) is 6.20 Å². The summed E-state index contributed by atoms with van der Waals surface area (Å²) in [4.78, 5) is 12.7. The molecule has 1 fully saturated rings. The van der Waals surface area contributed by atoms with Gasteiger partial charge in [-0.2, -0.15) is 4.98 Å². The van der Waals surface area contributed by atoms with E-state index in [-0.39, 0.29) is 5.92 Å². The lowest BCUT2D eigenvalue weighted by molar-refractivity contribution is -0.00326. The molecular formula is C26H30N4O3. The molecule has 4 aromatic rings. The van der Waals surface area contributed by atoms with Crippen molar-refractivity contribution in [2.45, 2.75) is 58.5 Å². The molecule has 33 heavy (non-hydrogen) atoms. The van der Waals surface area contributed by atoms with Crippen LogP contribution >= 0.6 is 0 Å². The smallest absolute Gasteiger partial charge is 0.294 e. The minimum absolute atomic E-state index is 0.0384. The molecule has 7 nitrogen and oxygen atoms in total. The van der Waals surface area contributed by atoms with E-state index in [1.807, 2.05) is 51.1 Å². The number of pyridine rings is 1. The first-order chi connectivity index (χ1) is 16.0. The molecule has 7 heteroatoms. The molecule has 1 aliphatic rings. The standard InChI is InChI=1S/C26H30N4O3/c1-4-32-25-28-21-15-18(23-16(2)30-33-17(23)3)14-20(24(21)29-25)26(31,19-10-6-5-7-11-19)22-12-8-9-13-27-22/h8-9,12-15,19,31H,4-7,10-11H2,1-3H3,(H,28,29). The molecule has 1 saturated carbocycles.